The molecule has 0 saturated heterocycles. The quantitative estimate of drug-likeness (QED) is 0.249. The van der Waals surface area contributed by atoms with Crippen molar-refractivity contribution in [2.75, 3.05) is 0 Å². The van der Waals surface area contributed by atoms with E-state index in [1.807, 2.05) is 0 Å². The minimum atomic E-state index is -0.642. The Morgan fingerprint density at radius 3 is 2.80 bits per heavy atom. The van der Waals surface area contributed by atoms with Gasteiger partial charge in [-0.15, -0.1) is 0 Å². The molecule has 0 rings (SSSR count). The van der Waals surface area contributed by atoms with Gasteiger partial charge in [-0.1, -0.05) is 6.58 Å². The highest BCUT2D eigenvalue weighted by Gasteiger charge is 2.04. The third kappa shape index (κ3) is 3.57. The number of rotatable bonds is 3. The van der Waals surface area contributed by atoms with E-state index in [0.29, 0.717) is 0 Å². The maximum atomic E-state index is 10.3. The Morgan fingerprint density at radius 2 is 2.40 bits per heavy atom. The number of esters is 1. The third-order valence-corrected chi connectivity index (χ3v) is 0.618. The summed E-state index contributed by atoms with van der Waals surface area (Å²) in [5.74, 6) is -0.642. The van der Waals surface area contributed by atoms with E-state index >= 15 is 0 Å². The average molecular weight is 140 g/mol. The number of ether oxygens (including phenoxy) is 1. The lowest BCUT2D eigenvalue weighted by molar-refractivity contribution is -0.136. The molecule has 0 aliphatic heterocycles. The topological polar surface area (TPSA) is 55.7 Å². The van der Waals surface area contributed by atoms with E-state index in [1.54, 1.807) is 0 Å². The maximum absolute atomic E-state index is 10.3. The fourth-order valence-corrected chi connectivity index (χ4v) is 0.274. The van der Waals surface area contributed by atoms with Gasteiger partial charge >= 0.3 is 5.97 Å². The number of carbonyl (C=O) groups is 1. The fourth-order valence-electron chi connectivity index (χ4n) is 0.274. The van der Waals surface area contributed by atoms with Crippen molar-refractivity contribution in [3.8, 4) is 0 Å². The molecule has 53 valence electrons. The highest BCUT2D eigenvalue weighted by Crippen LogP contribution is 2.00. The van der Waals surface area contributed by atoms with Crippen LogP contribution < -0.4 is 0 Å². The molecule has 0 saturated carbocycles. The summed E-state index contributed by atoms with van der Waals surface area (Å²) in [6.45, 7) is 4.51. The zero-order valence-corrected chi connectivity index (χ0v) is 5.46. The Labute approximate surface area is 58.2 Å². The smallest absolute Gasteiger partial charge is 0.332 e. The van der Waals surface area contributed by atoms with Crippen molar-refractivity contribution in [1.29, 1.82) is 0 Å². The number of nitrogens with zero attached hydrogens (tertiary/aromatic N) is 1. The van der Waals surface area contributed by atoms with Gasteiger partial charge in [0.2, 0.25) is 6.08 Å². The second-order valence-electron chi connectivity index (χ2n) is 1.35. The van der Waals surface area contributed by atoms with E-state index in [-0.39, 0.29) is 6.23 Å². The van der Waals surface area contributed by atoms with E-state index in [0.717, 1.165) is 6.08 Å². The molecule has 4 heteroatoms. The second-order valence-corrected chi connectivity index (χ2v) is 1.35. The van der Waals surface area contributed by atoms with Crippen LogP contribution in [0.4, 0.5) is 0 Å². The second kappa shape index (κ2) is 4.47. The van der Waals surface area contributed by atoms with Gasteiger partial charge in [-0.2, -0.15) is 4.99 Å². The first-order valence-corrected chi connectivity index (χ1v) is 2.46. The van der Waals surface area contributed by atoms with Gasteiger partial charge in [0.05, 0.1) is 0 Å². The van der Waals surface area contributed by atoms with Crippen LogP contribution in [0.1, 0.15) is 6.92 Å². The van der Waals surface area contributed by atoms with Crippen LogP contribution >= 0.6 is 0 Å². The van der Waals surface area contributed by atoms with Crippen LogP contribution in [-0.2, 0) is 14.3 Å². The van der Waals surface area contributed by atoms with Gasteiger partial charge < -0.3 is 4.74 Å². The van der Waals surface area contributed by atoms with Gasteiger partial charge in [0.15, 0.2) is 0 Å². The molecule has 0 spiro atoms. The van der Waals surface area contributed by atoms with Crippen LogP contribution in [0.15, 0.2) is 17.6 Å². The Kier molecular flexibility index (Phi) is 3.84. The minimum absolute atomic E-state index is 0.0418. The van der Waals surface area contributed by atoms with E-state index in [1.165, 1.54) is 13.0 Å². The monoisotopic (exact) mass is 140 g/mol. The number of hydrogen-bond acceptors (Lipinski definition) is 4. The fraction of sp³-hybridized carbons (Fsp3) is 0.167. The number of isocyanates is 1. The molecular formula is C6H6NO3. The molecule has 0 aromatic carbocycles. The lowest BCUT2D eigenvalue weighted by Gasteiger charge is -1.99. The molecule has 4 nitrogen and oxygen atoms in total. The first-order chi connectivity index (χ1) is 4.70. The van der Waals surface area contributed by atoms with Gasteiger partial charge in [-0.3, -0.25) is 0 Å². The molecule has 0 heterocycles. The van der Waals surface area contributed by atoms with Crippen LogP contribution in [0.5, 0.6) is 0 Å². The molecular weight excluding hydrogens is 134 g/mol. The molecule has 0 unspecified atom stereocenters. The standard InChI is InChI=1S/C6H6NO3/c1-3-6(9)10-5(2)7-4-8/h3H,1H2,2H3. The summed E-state index contributed by atoms with van der Waals surface area (Å²) < 4.78 is 4.37. The van der Waals surface area contributed by atoms with Crippen molar-refractivity contribution in [2.24, 2.45) is 4.99 Å². The highest BCUT2D eigenvalue weighted by atomic mass is 16.6. The third-order valence-electron chi connectivity index (χ3n) is 0.618. The molecule has 0 atom stereocenters. The zero-order valence-electron chi connectivity index (χ0n) is 5.46. The van der Waals surface area contributed by atoms with Crippen molar-refractivity contribution in [1.82, 2.24) is 0 Å². The number of hydrogen-bond donors (Lipinski definition) is 0. The van der Waals surface area contributed by atoms with Crippen molar-refractivity contribution in [2.45, 2.75) is 6.92 Å². The summed E-state index contributed by atoms with van der Waals surface area (Å²) in [5, 5.41) is 0. The van der Waals surface area contributed by atoms with Gasteiger partial charge in [0, 0.05) is 13.0 Å². The van der Waals surface area contributed by atoms with Crippen LogP contribution in [0.2, 0.25) is 0 Å². The molecule has 0 aliphatic rings. The van der Waals surface area contributed by atoms with Crippen LogP contribution in [0.25, 0.3) is 0 Å². The Morgan fingerprint density at radius 1 is 1.80 bits per heavy atom. The summed E-state index contributed by atoms with van der Waals surface area (Å²) in [5.41, 5.74) is 0. The average Bonchev–Trinajstić information content (AvgIpc) is 1.88. The lowest BCUT2D eigenvalue weighted by Crippen LogP contribution is -2.02. The van der Waals surface area contributed by atoms with E-state index < -0.39 is 5.97 Å². The van der Waals surface area contributed by atoms with E-state index in [4.69, 9.17) is 0 Å². The SMILES string of the molecule is C=CC(=O)O[C](C)N=C=O. The first kappa shape index (κ1) is 8.59. The predicted molar refractivity (Wildman–Crippen MR) is 33.3 cm³/mol. The van der Waals surface area contributed by atoms with E-state index in [2.05, 4.69) is 16.3 Å². The van der Waals surface area contributed by atoms with Gasteiger partial charge in [0.1, 0.15) is 0 Å². The van der Waals surface area contributed by atoms with Crippen LogP contribution in [0, 0.1) is 6.23 Å². The van der Waals surface area contributed by atoms with Crippen LogP contribution in [0.3, 0.4) is 0 Å². The maximum Gasteiger partial charge on any atom is 0.332 e. The molecule has 0 aromatic heterocycles. The molecule has 0 amide bonds. The van der Waals surface area contributed by atoms with Crippen molar-refractivity contribution in [3.05, 3.63) is 18.9 Å². The van der Waals surface area contributed by atoms with Gasteiger partial charge in [-0.05, 0) is 0 Å². The van der Waals surface area contributed by atoms with Gasteiger partial charge in [-0.25, -0.2) is 9.59 Å². The molecule has 0 bridgehead atoms. The normalized spacial score (nSPS) is 8.20. The Bertz CT molecular complexity index is 181. The van der Waals surface area contributed by atoms with Crippen molar-refractivity contribution in [3.63, 3.8) is 0 Å². The van der Waals surface area contributed by atoms with Crippen molar-refractivity contribution >= 4 is 12.0 Å². The minimum Gasteiger partial charge on any atom is -0.427 e. The largest absolute Gasteiger partial charge is 0.427 e. The van der Waals surface area contributed by atoms with Gasteiger partial charge in [0.25, 0.3) is 6.23 Å². The molecule has 0 N–H and O–H groups in total. The number of carbonyl (C=O) groups excluding carboxylic acids is 2. The predicted octanol–water partition coefficient (Wildman–Crippen LogP) is 0.561. The molecule has 0 aliphatic carbocycles. The van der Waals surface area contributed by atoms with Crippen molar-refractivity contribution < 1.29 is 14.3 Å². The van der Waals surface area contributed by atoms with Crippen LogP contribution in [-0.4, -0.2) is 12.0 Å². The van der Waals surface area contributed by atoms with E-state index in [9.17, 15) is 9.59 Å². The first-order valence-electron chi connectivity index (χ1n) is 2.46. The highest BCUT2D eigenvalue weighted by molar-refractivity contribution is 5.81. The summed E-state index contributed by atoms with van der Waals surface area (Å²) in [4.78, 5) is 22.9. The zero-order chi connectivity index (χ0) is 7.98. The Hall–Kier alpha value is -1.41. The summed E-state index contributed by atoms with van der Waals surface area (Å²) in [6, 6.07) is 0. The molecule has 0 aromatic rings. The summed E-state index contributed by atoms with van der Waals surface area (Å²) >= 11 is 0. The molecule has 0 fully saturated rings. The molecule has 10 heavy (non-hydrogen) atoms. The lowest BCUT2D eigenvalue weighted by atomic mass is 10.6. The summed E-state index contributed by atoms with van der Waals surface area (Å²) in [7, 11) is 0. The summed E-state index contributed by atoms with van der Waals surface area (Å²) in [6.07, 6.45) is 2.16. The number of aliphatic imine (C=N–C) groups is 1. The Balaban J connectivity index is 3.78. The molecule has 1 radical (unpaired) electrons.